The molecule has 0 aromatic rings. The van der Waals surface area contributed by atoms with Gasteiger partial charge in [0.2, 0.25) is 0 Å². The predicted octanol–water partition coefficient (Wildman–Crippen LogP) is -1.70. The molecular weight excluding hydrogens is 247 g/mol. The van der Waals surface area contributed by atoms with Gasteiger partial charge in [-0.05, 0) is 0 Å². The van der Waals surface area contributed by atoms with Gasteiger partial charge in [-0.2, -0.15) is 0 Å². The van der Waals surface area contributed by atoms with Crippen LogP contribution >= 0.6 is 7.82 Å². The van der Waals surface area contributed by atoms with Crippen LogP contribution in [0.5, 0.6) is 0 Å². The van der Waals surface area contributed by atoms with Crippen LogP contribution in [-0.4, -0.2) is 75.8 Å². The van der Waals surface area contributed by atoms with Gasteiger partial charge in [-0.1, -0.05) is 0 Å². The summed E-state index contributed by atoms with van der Waals surface area (Å²) in [5.74, 6) is -3.16. The number of aliphatic carboxylic acids is 1. The molecule has 0 aliphatic carbocycles. The van der Waals surface area contributed by atoms with Gasteiger partial charge in [0.1, 0.15) is 0 Å². The van der Waals surface area contributed by atoms with Crippen molar-refractivity contribution in [3.8, 4) is 0 Å². The molecule has 0 saturated heterocycles. The Morgan fingerprint density at radius 3 is 2.14 bits per heavy atom. The first-order valence-electron chi connectivity index (χ1n) is 2.91. The molecule has 10 heteroatoms. The normalized spacial score (nSPS) is 12.5. The molecular formula is C4H9CaO8P. The fraction of sp³-hybridized carbons (Fsp3) is 0.500. The number of hydrogen-bond acceptors (Lipinski definition) is 5. The fourth-order valence-corrected chi connectivity index (χ4v) is 0.755. The maximum atomic E-state index is 10.4. The van der Waals surface area contributed by atoms with Crippen molar-refractivity contribution < 1.29 is 41.5 Å². The maximum Gasteiger partial charge on any atom is 2.00 e. The number of rotatable bonds is 4. The van der Waals surface area contributed by atoms with Crippen molar-refractivity contribution in [2.75, 3.05) is 0 Å². The Kier molecular flexibility index (Phi) is 8.04. The van der Waals surface area contributed by atoms with Crippen LogP contribution in [0.25, 0.3) is 0 Å². The number of aliphatic hydroxyl groups is 1. The van der Waals surface area contributed by atoms with Crippen molar-refractivity contribution >= 4 is 57.5 Å². The number of carbonyl (C=O) groups excluding carboxylic acids is 1. The van der Waals surface area contributed by atoms with Crippen LogP contribution in [0.4, 0.5) is 0 Å². The largest absolute Gasteiger partial charge is 2.00 e. The van der Waals surface area contributed by atoms with Crippen LogP contribution in [0.3, 0.4) is 0 Å². The van der Waals surface area contributed by atoms with Crippen LogP contribution < -0.4 is 0 Å². The summed E-state index contributed by atoms with van der Waals surface area (Å²) in [6.07, 6.45) is -3.04. The molecule has 0 aromatic heterocycles. The summed E-state index contributed by atoms with van der Waals surface area (Å²) in [7, 11) is -4.96. The summed E-state index contributed by atoms with van der Waals surface area (Å²) in [4.78, 5) is 36.5. The standard InChI is InChI=1S/C4H7O8P.Ca.2H/c5-2(4(7)8)1-3(6)12-13(9,10)11;;;/h2,5H,1H2,(H,7,8)(H2,9,10,11);;;/q;+2;2*-1. The minimum Gasteiger partial charge on any atom is -1.00 e. The molecule has 80 valence electrons. The summed E-state index contributed by atoms with van der Waals surface area (Å²) in [6, 6.07) is 0. The van der Waals surface area contributed by atoms with Gasteiger partial charge >= 0.3 is 57.5 Å². The first kappa shape index (κ1) is 16.7. The molecule has 1 unspecified atom stereocenters. The van der Waals surface area contributed by atoms with Gasteiger partial charge in [-0.3, -0.25) is 14.6 Å². The van der Waals surface area contributed by atoms with Crippen molar-refractivity contribution in [2.45, 2.75) is 12.5 Å². The summed E-state index contributed by atoms with van der Waals surface area (Å²) < 4.78 is 13.5. The van der Waals surface area contributed by atoms with Crippen molar-refractivity contribution in [3.05, 3.63) is 0 Å². The van der Waals surface area contributed by atoms with Gasteiger partial charge in [0.15, 0.2) is 6.10 Å². The van der Waals surface area contributed by atoms with E-state index in [0.29, 0.717) is 0 Å². The molecule has 0 aliphatic rings. The minimum atomic E-state index is -4.96. The second kappa shape index (κ2) is 6.73. The van der Waals surface area contributed by atoms with E-state index in [4.69, 9.17) is 20.0 Å². The van der Waals surface area contributed by atoms with E-state index in [1.165, 1.54) is 0 Å². The smallest absolute Gasteiger partial charge is 1.00 e. The zero-order chi connectivity index (χ0) is 10.6. The van der Waals surface area contributed by atoms with Crippen LogP contribution in [0, 0.1) is 0 Å². The molecule has 0 amide bonds. The maximum absolute atomic E-state index is 10.4. The average molecular weight is 256 g/mol. The van der Waals surface area contributed by atoms with Crippen molar-refractivity contribution in [3.63, 3.8) is 0 Å². The Labute approximate surface area is 111 Å². The van der Waals surface area contributed by atoms with E-state index in [0.717, 1.165) is 0 Å². The summed E-state index contributed by atoms with van der Waals surface area (Å²) in [6.45, 7) is 0. The zero-order valence-electron chi connectivity index (χ0n) is 8.86. The molecule has 0 aromatic carbocycles. The van der Waals surface area contributed by atoms with Crippen molar-refractivity contribution in [1.29, 1.82) is 0 Å². The van der Waals surface area contributed by atoms with E-state index >= 15 is 0 Å². The fourth-order valence-electron chi connectivity index (χ4n) is 0.415. The van der Waals surface area contributed by atoms with Gasteiger partial charge in [-0.25, -0.2) is 9.36 Å². The Morgan fingerprint density at radius 2 is 1.86 bits per heavy atom. The second-order valence-corrected chi connectivity index (χ2v) is 3.18. The van der Waals surface area contributed by atoms with Gasteiger partial charge in [0, 0.05) is 0 Å². The first-order chi connectivity index (χ1) is 5.72. The number of carboxylic acids is 1. The number of phosphoric ester groups is 1. The second-order valence-electron chi connectivity index (χ2n) is 2.01. The molecule has 0 fully saturated rings. The van der Waals surface area contributed by atoms with E-state index in [9.17, 15) is 14.2 Å². The third-order valence-electron chi connectivity index (χ3n) is 0.866. The third kappa shape index (κ3) is 8.89. The number of hydrogen-bond donors (Lipinski definition) is 4. The molecule has 0 saturated carbocycles. The van der Waals surface area contributed by atoms with Gasteiger partial charge in [0.25, 0.3) is 0 Å². The molecule has 0 bridgehead atoms. The quantitative estimate of drug-likeness (QED) is 0.344. The molecule has 0 spiro atoms. The van der Waals surface area contributed by atoms with Crippen LogP contribution in [0.2, 0.25) is 0 Å². The molecule has 14 heavy (non-hydrogen) atoms. The first-order valence-corrected chi connectivity index (χ1v) is 4.44. The number of phosphoric acid groups is 1. The van der Waals surface area contributed by atoms with Crippen molar-refractivity contribution in [1.82, 2.24) is 0 Å². The molecule has 0 heterocycles. The van der Waals surface area contributed by atoms with Gasteiger partial charge < -0.3 is 17.6 Å². The van der Waals surface area contributed by atoms with Crippen molar-refractivity contribution in [2.24, 2.45) is 0 Å². The zero-order valence-corrected chi connectivity index (χ0v) is 9.96. The average Bonchev–Trinajstić information content (AvgIpc) is 1.81. The third-order valence-corrected chi connectivity index (χ3v) is 1.31. The molecule has 1 atom stereocenters. The van der Waals surface area contributed by atoms with E-state index in [2.05, 4.69) is 4.52 Å². The molecule has 8 nitrogen and oxygen atoms in total. The van der Waals surface area contributed by atoms with Crippen LogP contribution in [0.1, 0.15) is 9.27 Å². The Morgan fingerprint density at radius 1 is 1.43 bits per heavy atom. The van der Waals surface area contributed by atoms with Crippen LogP contribution in [-0.2, 0) is 18.7 Å². The van der Waals surface area contributed by atoms with Gasteiger partial charge in [0.05, 0.1) is 6.42 Å². The monoisotopic (exact) mass is 256 g/mol. The topological polar surface area (TPSA) is 141 Å². The molecule has 0 radical (unpaired) electrons. The SMILES string of the molecule is O=C(CC(O)C(=O)O)OP(=O)(O)O.[Ca+2].[H-].[H-]. The van der Waals surface area contributed by atoms with Gasteiger partial charge in [-0.15, -0.1) is 0 Å². The Balaban J connectivity index is -0.000000240. The number of aliphatic hydroxyl groups excluding tert-OH is 1. The van der Waals surface area contributed by atoms with E-state index < -0.39 is 32.3 Å². The Hall–Kier alpha value is 0.310. The van der Waals surface area contributed by atoms with E-state index in [1.54, 1.807) is 0 Å². The Bertz CT molecular complexity index is 267. The predicted molar refractivity (Wildman–Crippen MR) is 44.4 cm³/mol. The summed E-state index contributed by atoms with van der Waals surface area (Å²) in [5, 5.41) is 16.6. The van der Waals surface area contributed by atoms with E-state index in [1.807, 2.05) is 0 Å². The van der Waals surface area contributed by atoms with Crippen LogP contribution in [0.15, 0.2) is 0 Å². The minimum absolute atomic E-state index is 0. The molecule has 4 N–H and O–H groups in total. The number of carbonyl (C=O) groups is 2. The molecule has 0 rings (SSSR count). The molecule has 0 aliphatic heterocycles. The number of carboxylic acid groups (broad SMARTS) is 1. The van der Waals surface area contributed by atoms with E-state index in [-0.39, 0.29) is 40.6 Å². The summed E-state index contributed by atoms with van der Waals surface area (Å²) in [5.41, 5.74) is 0. The summed E-state index contributed by atoms with van der Waals surface area (Å²) >= 11 is 0.